The molecule has 0 radical (unpaired) electrons. The molecule has 1 aromatic heterocycles. The van der Waals surface area contributed by atoms with E-state index < -0.39 is 12.0 Å². The summed E-state index contributed by atoms with van der Waals surface area (Å²) in [6, 6.07) is 3.27. The first kappa shape index (κ1) is 17.5. The third-order valence-electron chi connectivity index (χ3n) is 3.19. The van der Waals surface area contributed by atoms with Gasteiger partial charge in [-0.3, -0.25) is 4.79 Å². The predicted molar refractivity (Wildman–Crippen MR) is 84.6 cm³/mol. The van der Waals surface area contributed by atoms with Crippen molar-refractivity contribution in [2.45, 2.75) is 52.6 Å². The Balaban J connectivity index is 2.51. The van der Waals surface area contributed by atoms with Crippen LogP contribution in [0.5, 0.6) is 0 Å². The van der Waals surface area contributed by atoms with Gasteiger partial charge in [0.1, 0.15) is 0 Å². The Kier molecular flexibility index (Phi) is 6.20. The number of rotatable bonds is 6. The van der Waals surface area contributed by atoms with Gasteiger partial charge in [0.25, 0.3) is 0 Å². The van der Waals surface area contributed by atoms with Crippen LogP contribution in [0, 0.1) is 5.41 Å². The molecule has 1 rings (SSSR count). The molecule has 0 fully saturated rings. The van der Waals surface area contributed by atoms with Crippen molar-refractivity contribution in [3.63, 3.8) is 0 Å². The average molecular weight is 312 g/mol. The minimum Gasteiger partial charge on any atom is -0.481 e. The first-order valence-corrected chi connectivity index (χ1v) is 7.87. The van der Waals surface area contributed by atoms with Crippen molar-refractivity contribution >= 4 is 23.3 Å². The van der Waals surface area contributed by atoms with E-state index in [2.05, 4.69) is 10.6 Å². The molecular weight excluding hydrogens is 288 g/mol. The van der Waals surface area contributed by atoms with Crippen molar-refractivity contribution in [3.05, 3.63) is 22.4 Å². The smallest absolute Gasteiger partial charge is 0.315 e. The molecule has 0 saturated carbocycles. The van der Waals surface area contributed by atoms with Gasteiger partial charge in [-0.1, -0.05) is 26.8 Å². The van der Waals surface area contributed by atoms with E-state index in [0.717, 1.165) is 6.42 Å². The van der Waals surface area contributed by atoms with Crippen molar-refractivity contribution in [3.8, 4) is 0 Å². The molecule has 1 aromatic rings. The SMILES string of the molecule is CC(Cc1cccs1)NC(=O)NC(CC(=O)O)C(C)(C)C. The number of thiophene rings is 1. The third kappa shape index (κ3) is 6.62. The Bertz CT molecular complexity index is 466. The Hall–Kier alpha value is -1.56. The summed E-state index contributed by atoms with van der Waals surface area (Å²) in [6.07, 6.45) is 0.681. The van der Waals surface area contributed by atoms with E-state index in [1.807, 2.05) is 45.2 Å². The molecule has 0 aliphatic carbocycles. The first-order valence-electron chi connectivity index (χ1n) is 6.99. The summed E-state index contributed by atoms with van der Waals surface area (Å²) in [5.74, 6) is -0.915. The molecule has 1 heterocycles. The zero-order valence-electron chi connectivity index (χ0n) is 13.0. The lowest BCUT2D eigenvalue weighted by molar-refractivity contribution is -0.138. The van der Waals surface area contributed by atoms with E-state index in [-0.39, 0.29) is 23.9 Å². The zero-order valence-corrected chi connectivity index (χ0v) is 13.8. The summed E-state index contributed by atoms with van der Waals surface area (Å²) in [5.41, 5.74) is -0.313. The quantitative estimate of drug-likeness (QED) is 0.756. The van der Waals surface area contributed by atoms with Crippen LogP contribution in [0.3, 0.4) is 0 Å². The average Bonchev–Trinajstić information content (AvgIpc) is 2.78. The van der Waals surface area contributed by atoms with Crippen LogP contribution in [-0.4, -0.2) is 29.2 Å². The molecule has 0 aliphatic rings. The van der Waals surface area contributed by atoms with Crippen LogP contribution < -0.4 is 10.6 Å². The lowest BCUT2D eigenvalue weighted by Crippen LogP contribution is -2.51. The first-order chi connectivity index (χ1) is 9.68. The van der Waals surface area contributed by atoms with Crippen molar-refractivity contribution < 1.29 is 14.7 Å². The number of carbonyl (C=O) groups is 2. The molecule has 21 heavy (non-hydrogen) atoms. The molecule has 5 nitrogen and oxygen atoms in total. The summed E-state index contributed by atoms with van der Waals surface area (Å²) in [6.45, 7) is 7.67. The maximum Gasteiger partial charge on any atom is 0.315 e. The fourth-order valence-corrected chi connectivity index (χ4v) is 2.79. The van der Waals surface area contributed by atoms with Crippen LogP contribution in [0.25, 0.3) is 0 Å². The highest BCUT2D eigenvalue weighted by molar-refractivity contribution is 7.09. The second kappa shape index (κ2) is 7.45. The standard InChI is InChI=1S/C15H24N2O3S/c1-10(8-11-6-5-7-21-11)16-14(20)17-12(9-13(18)19)15(2,3)4/h5-7,10,12H,8-9H2,1-4H3,(H,18,19)(H2,16,17,20). The van der Waals surface area contributed by atoms with Gasteiger partial charge in [0.2, 0.25) is 0 Å². The van der Waals surface area contributed by atoms with Crippen molar-refractivity contribution in [2.24, 2.45) is 5.41 Å². The Morgan fingerprint density at radius 2 is 2.00 bits per heavy atom. The number of urea groups is 1. The molecule has 3 N–H and O–H groups in total. The van der Waals surface area contributed by atoms with Crippen LogP contribution in [0.15, 0.2) is 17.5 Å². The van der Waals surface area contributed by atoms with E-state index in [1.165, 1.54) is 4.88 Å². The summed E-state index contributed by atoms with van der Waals surface area (Å²) < 4.78 is 0. The van der Waals surface area contributed by atoms with Gasteiger partial charge in [0.15, 0.2) is 0 Å². The number of aliphatic carboxylic acids is 1. The van der Waals surface area contributed by atoms with Crippen LogP contribution in [-0.2, 0) is 11.2 Å². The highest BCUT2D eigenvalue weighted by Gasteiger charge is 2.28. The van der Waals surface area contributed by atoms with Crippen LogP contribution >= 0.6 is 11.3 Å². The third-order valence-corrected chi connectivity index (χ3v) is 4.09. The molecule has 0 spiro atoms. The highest BCUT2D eigenvalue weighted by atomic mass is 32.1. The minimum atomic E-state index is -0.915. The van der Waals surface area contributed by atoms with E-state index in [1.54, 1.807) is 11.3 Å². The number of hydrogen-bond donors (Lipinski definition) is 3. The Morgan fingerprint density at radius 3 is 2.48 bits per heavy atom. The van der Waals surface area contributed by atoms with Gasteiger partial charge < -0.3 is 15.7 Å². The number of amides is 2. The predicted octanol–water partition coefficient (Wildman–Crippen LogP) is 2.87. The summed E-state index contributed by atoms with van der Waals surface area (Å²) in [4.78, 5) is 24.1. The molecule has 0 aromatic carbocycles. The fourth-order valence-electron chi connectivity index (χ4n) is 1.95. The van der Waals surface area contributed by atoms with Gasteiger partial charge in [-0.2, -0.15) is 0 Å². The van der Waals surface area contributed by atoms with Crippen molar-refractivity contribution in [1.82, 2.24) is 10.6 Å². The second-order valence-electron chi connectivity index (χ2n) is 6.32. The van der Waals surface area contributed by atoms with Gasteiger partial charge in [-0.05, 0) is 23.8 Å². The minimum absolute atomic E-state index is 0.00547. The molecule has 0 bridgehead atoms. The van der Waals surface area contributed by atoms with Gasteiger partial charge in [-0.15, -0.1) is 11.3 Å². The number of carbonyl (C=O) groups excluding carboxylic acids is 1. The van der Waals surface area contributed by atoms with E-state index in [9.17, 15) is 9.59 Å². The Morgan fingerprint density at radius 1 is 1.33 bits per heavy atom. The number of nitrogens with one attached hydrogen (secondary N) is 2. The van der Waals surface area contributed by atoms with E-state index in [0.29, 0.717) is 0 Å². The Labute approximate surface area is 129 Å². The summed E-state index contributed by atoms with van der Waals surface area (Å²) >= 11 is 1.66. The second-order valence-corrected chi connectivity index (χ2v) is 7.35. The molecule has 2 atom stereocenters. The molecule has 2 amide bonds. The van der Waals surface area contributed by atoms with Crippen LogP contribution in [0.1, 0.15) is 39.0 Å². The monoisotopic (exact) mass is 312 g/mol. The molecule has 0 aliphatic heterocycles. The van der Waals surface area contributed by atoms with Gasteiger partial charge >= 0.3 is 12.0 Å². The van der Waals surface area contributed by atoms with Crippen LogP contribution in [0.4, 0.5) is 4.79 Å². The summed E-state index contributed by atoms with van der Waals surface area (Å²) in [5, 5.41) is 16.6. The number of carboxylic acids is 1. The lowest BCUT2D eigenvalue weighted by Gasteiger charge is -2.30. The molecule has 2 unspecified atom stereocenters. The molecule has 118 valence electrons. The summed E-state index contributed by atoms with van der Waals surface area (Å²) in [7, 11) is 0. The normalized spacial score (nSPS) is 14.3. The lowest BCUT2D eigenvalue weighted by atomic mass is 9.85. The topological polar surface area (TPSA) is 78.4 Å². The number of hydrogen-bond acceptors (Lipinski definition) is 3. The highest BCUT2D eigenvalue weighted by Crippen LogP contribution is 2.21. The van der Waals surface area contributed by atoms with Gasteiger partial charge in [-0.25, -0.2) is 4.79 Å². The maximum absolute atomic E-state index is 12.0. The fraction of sp³-hybridized carbons (Fsp3) is 0.600. The number of carboxylic acid groups (broad SMARTS) is 1. The largest absolute Gasteiger partial charge is 0.481 e. The van der Waals surface area contributed by atoms with Crippen molar-refractivity contribution in [1.29, 1.82) is 0 Å². The van der Waals surface area contributed by atoms with Gasteiger partial charge in [0.05, 0.1) is 6.42 Å². The molecule has 6 heteroatoms. The van der Waals surface area contributed by atoms with E-state index in [4.69, 9.17) is 5.11 Å². The van der Waals surface area contributed by atoms with Crippen molar-refractivity contribution in [2.75, 3.05) is 0 Å². The maximum atomic E-state index is 12.0. The zero-order chi connectivity index (χ0) is 16.0. The van der Waals surface area contributed by atoms with E-state index >= 15 is 0 Å². The molecule has 0 saturated heterocycles. The van der Waals surface area contributed by atoms with Crippen LogP contribution in [0.2, 0.25) is 0 Å². The van der Waals surface area contributed by atoms with Gasteiger partial charge in [0, 0.05) is 23.4 Å². The molecular formula is C15H24N2O3S.